The van der Waals surface area contributed by atoms with E-state index in [1.807, 2.05) is 0 Å². The predicted octanol–water partition coefficient (Wildman–Crippen LogP) is -0.548. The van der Waals surface area contributed by atoms with Gasteiger partial charge in [0.2, 0.25) is 5.52 Å². The second-order valence-electron chi connectivity index (χ2n) is 1.29. The van der Waals surface area contributed by atoms with Gasteiger partial charge in [0.1, 0.15) is 0 Å². The minimum absolute atomic E-state index is 0. The maximum atomic E-state index is 10.1. The van der Waals surface area contributed by atoms with Crippen molar-refractivity contribution in [2.45, 2.75) is 13.3 Å². The maximum absolute atomic E-state index is 10.1. The van der Waals surface area contributed by atoms with E-state index in [2.05, 4.69) is 0 Å². The van der Waals surface area contributed by atoms with Gasteiger partial charge in [0.15, 0.2) is 0 Å². The van der Waals surface area contributed by atoms with Crippen molar-refractivity contribution < 1.29 is 19.1 Å². The fraction of sp³-hybridized carbons (Fsp3) is 0.667. The summed E-state index contributed by atoms with van der Waals surface area (Å²) >= 11 is 0. The second kappa shape index (κ2) is 4.61. The molecule has 0 aliphatic heterocycles. The molecule has 0 fully saturated rings. The molecule has 50 valence electrons. The van der Waals surface area contributed by atoms with Crippen molar-refractivity contribution in [3.63, 3.8) is 0 Å². The Kier molecular flexibility index (Phi) is 6.39. The van der Waals surface area contributed by atoms with Crippen LogP contribution in [0.3, 0.4) is 0 Å². The van der Waals surface area contributed by atoms with Crippen LogP contribution < -0.4 is 0 Å². The first kappa shape index (κ1) is 12.5. The molecule has 0 bridgehead atoms. The van der Waals surface area contributed by atoms with Gasteiger partial charge in [-0.15, -0.1) is 0 Å². The van der Waals surface area contributed by atoms with E-state index >= 15 is 0 Å². The van der Waals surface area contributed by atoms with E-state index in [0.717, 1.165) is 0 Å². The number of hydrogen-bond donors (Lipinski definition) is 2. The summed E-state index contributed by atoms with van der Waals surface area (Å²) in [5, 5.41) is 0. The molecule has 0 aromatic rings. The molecule has 6 heteroatoms. The fourth-order valence-electron chi connectivity index (χ4n) is 0.206. The number of rotatable bonds is 2. The molecule has 2 N–H and O–H groups in total. The van der Waals surface area contributed by atoms with E-state index in [-0.39, 0.29) is 36.0 Å². The first-order valence-corrected chi connectivity index (χ1v) is 3.68. The van der Waals surface area contributed by atoms with E-state index in [0.29, 0.717) is 0 Å². The van der Waals surface area contributed by atoms with Crippen molar-refractivity contribution in [1.82, 2.24) is 0 Å². The molecule has 4 nitrogen and oxygen atoms in total. The summed E-state index contributed by atoms with van der Waals surface area (Å²) in [4.78, 5) is 26.2. The zero-order valence-corrected chi connectivity index (χ0v) is 5.26. The van der Waals surface area contributed by atoms with Crippen molar-refractivity contribution in [3.05, 3.63) is 0 Å². The Labute approximate surface area is 75.1 Å². The van der Waals surface area contributed by atoms with Crippen molar-refractivity contribution in [2.75, 3.05) is 0 Å². The van der Waals surface area contributed by atoms with Crippen molar-refractivity contribution in [2.24, 2.45) is 0 Å². The molecule has 0 radical (unpaired) electrons. The molecular weight excluding hydrogens is 154 g/mol. The molecule has 9 heavy (non-hydrogen) atoms. The van der Waals surface area contributed by atoms with Crippen LogP contribution in [0.25, 0.3) is 0 Å². The Bertz CT molecular complexity index is 139. The molecule has 0 saturated heterocycles. The summed E-state index contributed by atoms with van der Waals surface area (Å²) in [6.07, 6.45) is -0.107. The normalized spacial score (nSPS) is 10.1. The molecule has 0 aromatic heterocycles. The molecular formula is C3H8NaO4P. The Morgan fingerprint density at radius 1 is 1.56 bits per heavy atom. The Hall–Kier alpha value is 0.820. The quantitative estimate of drug-likeness (QED) is 0.422. The molecule has 0 spiro atoms. The number of hydrogen-bond acceptors (Lipinski definition) is 2. The zero-order chi connectivity index (χ0) is 6.78. The fourth-order valence-corrected chi connectivity index (χ4v) is 0.618. The van der Waals surface area contributed by atoms with Crippen LogP contribution in [0.15, 0.2) is 0 Å². The summed E-state index contributed by atoms with van der Waals surface area (Å²) in [6.45, 7) is 1.40. The van der Waals surface area contributed by atoms with Crippen LogP contribution in [0.5, 0.6) is 0 Å². The van der Waals surface area contributed by atoms with Gasteiger partial charge in [0.05, 0.1) is 0 Å². The number of carbonyl (C=O) groups is 1. The van der Waals surface area contributed by atoms with Gasteiger partial charge in [-0.05, 0) is 0 Å². The molecule has 0 amide bonds. The van der Waals surface area contributed by atoms with Crippen LogP contribution in [0.2, 0.25) is 0 Å². The molecule has 0 aromatic carbocycles. The summed E-state index contributed by atoms with van der Waals surface area (Å²) in [6, 6.07) is 0. The first-order chi connectivity index (χ1) is 3.48. The van der Waals surface area contributed by atoms with Gasteiger partial charge < -0.3 is 9.79 Å². The van der Waals surface area contributed by atoms with Gasteiger partial charge in [-0.1, -0.05) is 6.92 Å². The third kappa shape index (κ3) is 5.27. The molecule has 0 saturated carbocycles. The second-order valence-corrected chi connectivity index (χ2v) is 2.88. The van der Waals surface area contributed by atoms with E-state index < -0.39 is 13.1 Å². The van der Waals surface area contributed by atoms with E-state index in [1.54, 1.807) is 0 Å². The van der Waals surface area contributed by atoms with Crippen molar-refractivity contribution in [3.8, 4) is 0 Å². The van der Waals surface area contributed by atoms with E-state index in [4.69, 9.17) is 9.79 Å². The van der Waals surface area contributed by atoms with E-state index in [9.17, 15) is 9.36 Å². The molecule has 0 unspecified atom stereocenters. The topological polar surface area (TPSA) is 74.6 Å². The van der Waals surface area contributed by atoms with Crippen LogP contribution in [0, 0.1) is 0 Å². The summed E-state index contributed by atoms with van der Waals surface area (Å²) < 4.78 is 9.91. The monoisotopic (exact) mass is 162 g/mol. The van der Waals surface area contributed by atoms with Gasteiger partial charge in [0.25, 0.3) is 0 Å². The summed E-state index contributed by atoms with van der Waals surface area (Å²) in [5.41, 5.74) is -1.00. The van der Waals surface area contributed by atoms with Crippen LogP contribution in [-0.4, -0.2) is 44.9 Å². The van der Waals surface area contributed by atoms with Crippen LogP contribution in [0.4, 0.5) is 0 Å². The van der Waals surface area contributed by atoms with Gasteiger partial charge in [-0.2, -0.15) is 0 Å². The average molecular weight is 162 g/mol. The summed E-state index contributed by atoms with van der Waals surface area (Å²) in [5.74, 6) is 0. The predicted molar refractivity (Wildman–Crippen MR) is 34.5 cm³/mol. The molecule has 0 aliphatic rings. The first-order valence-electron chi connectivity index (χ1n) is 2.07. The molecule has 0 rings (SSSR count). The third-order valence-electron chi connectivity index (χ3n) is 0.627. The summed E-state index contributed by atoms with van der Waals surface area (Å²) in [7, 11) is -4.40. The Morgan fingerprint density at radius 3 is 1.89 bits per heavy atom. The van der Waals surface area contributed by atoms with Gasteiger partial charge >= 0.3 is 37.2 Å². The molecule has 0 aliphatic carbocycles. The number of carbonyl (C=O) groups excluding carboxylic acids is 1. The minimum atomic E-state index is -4.40. The van der Waals surface area contributed by atoms with Gasteiger partial charge in [-0.3, -0.25) is 9.36 Å². The van der Waals surface area contributed by atoms with Crippen molar-refractivity contribution in [1.29, 1.82) is 0 Å². The third-order valence-corrected chi connectivity index (χ3v) is 1.59. The van der Waals surface area contributed by atoms with Crippen LogP contribution in [0.1, 0.15) is 13.3 Å². The van der Waals surface area contributed by atoms with E-state index in [1.165, 1.54) is 6.92 Å². The van der Waals surface area contributed by atoms with Crippen molar-refractivity contribution >= 4 is 42.7 Å². The average Bonchev–Trinajstić information content (AvgIpc) is 1.62. The molecule has 0 heterocycles. The SMILES string of the molecule is CCC(=O)P(=O)(O)O.[NaH]. The van der Waals surface area contributed by atoms with Crippen LogP contribution >= 0.6 is 7.60 Å². The van der Waals surface area contributed by atoms with Gasteiger partial charge in [-0.25, -0.2) is 0 Å². The zero-order valence-electron chi connectivity index (χ0n) is 4.37. The Morgan fingerprint density at radius 2 is 1.89 bits per heavy atom. The Balaban J connectivity index is 0. The van der Waals surface area contributed by atoms with Gasteiger partial charge in [0, 0.05) is 6.42 Å². The molecule has 0 atom stereocenters. The standard InChI is InChI=1S/C3H7O4P.Na.H/c1-2-3(4)8(5,6)7;;/h2H2,1H3,(H2,5,6,7);;. The van der Waals surface area contributed by atoms with Crippen LogP contribution in [-0.2, 0) is 9.36 Å².